The van der Waals surface area contributed by atoms with E-state index in [2.05, 4.69) is 14.9 Å². The molecule has 1 saturated heterocycles. The van der Waals surface area contributed by atoms with Crippen LogP contribution >= 0.6 is 11.6 Å². The summed E-state index contributed by atoms with van der Waals surface area (Å²) in [6.07, 6.45) is 0.849. The van der Waals surface area contributed by atoms with E-state index in [0.29, 0.717) is 6.54 Å². The van der Waals surface area contributed by atoms with Crippen LogP contribution in [0.3, 0.4) is 0 Å². The summed E-state index contributed by atoms with van der Waals surface area (Å²) in [5.41, 5.74) is 0. The normalized spacial score (nSPS) is 15.6. The minimum atomic E-state index is -3.64. The maximum Gasteiger partial charge on any atom is 0.257 e. The zero-order chi connectivity index (χ0) is 20.6. The second-order valence-electron chi connectivity index (χ2n) is 6.81. The van der Waals surface area contributed by atoms with Gasteiger partial charge in [-0.25, -0.2) is 13.1 Å². The Kier molecular flexibility index (Phi) is 8.97. The van der Waals surface area contributed by atoms with Gasteiger partial charge in [-0.1, -0.05) is 11.6 Å². The molecule has 0 unspecified atom stereocenters. The molecule has 1 fully saturated rings. The van der Waals surface area contributed by atoms with E-state index < -0.39 is 10.0 Å². The van der Waals surface area contributed by atoms with E-state index in [1.165, 1.54) is 18.2 Å². The Hall–Kier alpha value is -1.39. The SMILES string of the molecule is CC(C)NS(=O)(=O)c1ccc(OCC(=O)NCCCN2CCOCC2)c(Cl)c1. The third-order valence-corrected chi connectivity index (χ3v) is 5.99. The molecular formula is C18H28ClN3O5S. The Morgan fingerprint density at radius 1 is 1.32 bits per heavy atom. The van der Waals surface area contributed by atoms with Crippen molar-refractivity contribution in [2.24, 2.45) is 0 Å². The number of nitrogens with one attached hydrogen (secondary N) is 2. The number of carbonyl (C=O) groups is 1. The quantitative estimate of drug-likeness (QED) is 0.539. The van der Waals surface area contributed by atoms with E-state index in [0.717, 1.165) is 39.3 Å². The van der Waals surface area contributed by atoms with Gasteiger partial charge in [-0.3, -0.25) is 9.69 Å². The molecule has 0 saturated carbocycles. The predicted octanol–water partition coefficient (Wildman–Crippen LogP) is 1.24. The molecule has 1 aliphatic heterocycles. The van der Waals surface area contributed by atoms with Crippen LogP contribution in [-0.4, -0.2) is 71.3 Å². The Morgan fingerprint density at radius 3 is 2.68 bits per heavy atom. The number of ether oxygens (including phenoxy) is 2. The van der Waals surface area contributed by atoms with Gasteiger partial charge in [0.15, 0.2) is 6.61 Å². The smallest absolute Gasteiger partial charge is 0.257 e. The average molecular weight is 434 g/mol. The van der Waals surface area contributed by atoms with Crippen LogP contribution in [0.15, 0.2) is 23.1 Å². The highest BCUT2D eigenvalue weighted by Gasteiger charge is 2.17. The summed E-state index contributed by atoms with van der Waals surface area (Å²) in [5.74, 6) is 0.00449. The molecule has 10 heteroatoms. The Balaban J connectivity index is 1.75. The minimum Gasteiger partial charge on any atom is -0.482 e. The molecule has 0 radical (unpaired) electrons. The van der Waals surface area contributed by atoms with Crippen molar-refractivity contribution < 1.29 is 22.7 Å². The molecule has 28 heavy (non-hydrogen) atoms. The Morgan fingerprint density at radius 2 is 2.04 bits per heavy atom. The van der Waals surface area contributed by atoms with Crippen LogP contribution < -0.4 is 14.8 Å². The molecule has 8 nitrogen and oxygen atoms in total. The summed E-state index contributed by atoms with van der Waals surface area (Å²) in [6.45, 7) is 8.12. The standard InChI is InChI=1S/C18H28ClN3O5S/c1-14(2)21-28(24,25)15-4-5-17(16(19)12-15)27-13-18(23)20-6-3-7-22-8-10-26-11-9-22/h4-5,12,14,21H,3,6-11,13H2,1-2H3,(H,20,23). The number of nitrogens with zero attached hydrogens (tertiary/aromatic N) is 1. The number of hydrogen-bond acceptors (Lipinski definition) is 6. The van der Waals surface area contributed by atoms with E-state index in [1.54, 1.807) is 13.8 Å². The van der Waals surface area contributed by atoms with E-state index >= 15 is 0 Å². The van der Waals surface area contributed by atoms with Gasteiger partial charge in [-0.05, 0) is 45.0 Å². The summed E-state index contributed by atoms with van der Waals surface area (Å²) in [5, 5.41) is 2.93. The largest absolute Gasteiger partial charge is 0.482 e. The first-order valence-electron chi connectivity index (χ1n) is 9.29. The molecule has 2 N–H and O–H groups in total. The molecule has 0 aliphatic carbocycles. The van der Waals surface area contributed by atoms with Gasteiger partial charge in [0, 0.05) is 25.7 Å². The van der Waals surface area contributed by atoms with Crippen molar-refractivity contribution in [2.45, 2.75) is 31.2 Å². The highest BCUT2D eigenvalue weighted by molar-refractivity contribution is 7.89. The van der Waals surface area contributed by atoms with Gasteiger partial charge in [0.2, 0.25) is 10.0 Å². The molecule has 1 aliphatic rings. The van der Waals surface area contributed by atoms with Crippen LogP contribution in [0.25, 0.3) is 0 Å². The van der Waals surface area contributed by atoms with Crippen molar-refractivity contribution in [3.05, 3.63) is 23.2 Å². The fraction of sp³-hybridized carbons (Fsp3) is 0.611. The van der Waals surface area contributed by atoms with Crippen molar-refractivity contribution in [1.29, 1.82) is 0 Å². The fourth-order valence-corrected chi connectivity index (χ4v) is 4.27. The molecule has 1 heterocycles. The molecule has 158 valence electrons. The fourth-order valence-electron chi connectivity index (χ4n) is 2.69. The van der Waals surface area contributed by atoms with E-state index in [1.807, 2.05) is 0 Å². The van der Waals surface area contributed by atoms with Gasteiger partial charge in [-0.15, -0.1) is 0 Å². The zero-order valence-corrected chi connectivity index (χ0v) is 17.8. The van der Waals surface area contributed by atoms with Gasteiger partial charge in [0.1, 0.15) is 5.75 Å². The van der Waals surface area contributed by atoms with Crippen LogP contribution in [0.5, 0.6) is 5.75 Å². The predicted molar refractivity (Wildman–Crippen MR) is 107 cm³/mol. The van der Waals surface area contributed by atoms with Gasteiger partial charge in [0.05, 0.1) is 23.1 Å². The summed E-state index contributed by atoms with van der Waals surface area (Å²) in [6, 6.07) is 3.92. The van der Waals surface area contributed by atoms with Crippen molar-refractivity contribution in [3.8, 4) is 5.75 Å². The number of hydrogen-bond donors (Lipinski definition) is 2. The van der Waals surface area contributed by atoms with Crippen LogP contribution in [0, 0.1) is 0 Å². The lowest BCUT2D eigenvalue weighted by atomic mass is 10.3. The summed E-state index contributed by atoms with van der Waals surface area (Å²) in [7, 11) is -3.64. The number of benzene rings is 1. The van der Waals surface area contributed by atoms with E-state index in [9.17, 15) is 13.2 Å². The molecule has 2 rings (SSSR count). The number of carbonyl (C=O) groups excluding carboxylic acids is 1. The van der Waals surface area contributed by atoms with Crippen LogP contribution in [0.2, 0.25) is 5.02 Å². The molecule has 0 atom stereocenters. The van der Waals surface area contributed by atoms with Gasteiger partial charge in [0.25, 0.3) is 5.91 Å². The van der Waals surface area contributed by atoms with Crippen LogP contribution in [0.4, 0.5) is 0 Å². The van der Waals surface area contributed by atoms with Crippen LogP contribution in [0.1, 0.15) is 20.3 Å². The number of sulfonamides is 1. The van der Waals surface area contributed by atoms with Gasteiger partial charge < -0.3 is 14.8 Å². The molecule has 1 aromatic rings. The highest BCUT2D eigenvalue weighted by atomic mass is 35.5. The molecular weight excluding hydrogens is 406 g/mol. The summed E-state index contributed by atoms with van der Waals surface area (Å²) < 4.78 is 37.5. The monoisotopic (exact) mass is 433 g/mol. The molecule has 0 bridgehead atoms. The first kappa shape index (κ1) is 22.9. The molecule has 1 amide bonds. The van der Waals surface area contributed by atoms with Gasteiger partial charge in [-0.2, -0.15) is 0 Å². The van der Waals surface area contributed by atoms with E-state index in [4.69, 9.17) is 21.1 Å². The van der Waals surface area contributed by atoms with Crippen LogP contribution in [-0.2, 0) is 19.6 Å². The second kappa shape index (κ2) is 11.0. The molecule has 0 aromatic heterocycles. The summed E-state index contributed by atoms with van der Waals surface area (Å²) in [4.78, 5) is 14.3. The number of morpholine rings is 1. The highest BCUT2D eigenvalue weighted by Crippen LogP contribution is 2.27. The third kappa shape index (κ3) is 7.56. The zero-order valence-electron chi connectivity index (χ0n) is 16.2. The number of rotatable bonds is 10. The van der Waals surface area contributed by atoms with Crippen molar-refractivity contribution in [2.75, 3.05) is 46.0 Å². The number of halogens is 1. The number of amides is 1. The third-order valence-electron chi connectivity index (χ3n) is 4.04. The lowest BCUT2D eigenvalue weighted by molar-refractivity contribution is -0.123. The molecule has 1 aromatic carbocycles. The maximum absolute atomic E-state index is 12.1. The van der Waals surface area contributed by atoms with E-state index in [-0.39, 0.29) is 34.2 Å². The van der Waals surface area contributed by atoms with Crippen molar-refractivity contribution in [3.63, 3.8) is 0 Å². The lowest BCUT2D eigenvalue weighted by Gasteiger charge is -2.26. The maximum atomic E-state index is 12.1. The first-order chi connectivity index (χ1) is 13.3. The van der Waals surface area contributed by atoms with Crippen molar-refractivity contribution >= 4 is 27.5 Å². The second-order valence-corrected chi connectivity index (χ2v) is 8.94. The Bertz CT molecular complexity index is 752. The average Bonchev–Trinajstić information content (AvgIpc) is 2.64. The lowest BCUT2D eigenvalue weighted by Crippen LogP contribution is -2.38. The minimum absolute atomic E-state index is 0.0473. The first-order valence-corrected chi connectivity index (χ1v) is 11.2. The molecule has 0 spiro atoms. The Labute approximate surface area is 171 Å². The summed E-state index contributed by atoms with van der Waals surface area (Å²) >= 11 is 6.10. The van der Waals surface area contributed by atoms with Crippen molar-refractivity contribution in [1.82, 2.24) is 14.9 Å². The topological polar surface area (TPSA) is 97.0 Å². The van der Waals surface area contributed by atoms with Gasteiger partial charge >= 0.3 is 0 Å².